The molecule has 7 nitrogen and oxygen atoms in total. The summed E-state index contributed by atoms with van der Waals surface area (Å²) in [5.74, 6) is -0.0439. The predicted molar refractivity (Wildman–Crippen MR) is 146 cm³/mol. The van der Waals surface area contributed by atoms with Crippen LogP contribution in [0.1, 0.15) is 11.1 Å². The smallest absolute Gasteiger partial charge is 0.270 e. The highest BCUT2D eigenvalue weighted by Gasteiger charge is 2.35. The van der Waals surface area contributed by atoms with E-state index >= 15 is 0 Å². The first kappa shape index (κ1) is 24.7. The number of nitrogens with zero attached hydrogens (tertiary/aromatic N) is 1. The minimum atomic E-state index is -0.719. The lowest BCUT2D eigenvalue weighted by Gasteiger charge is -2.29. The Hall–Kier alpha value is -3.03. The van der Waals surface area contributed by atoms with Crippen LogP contribution in [-0.2, 0) is 16.2 Å². The Labute approximate surface area is 232 Å². The Morgan fingerprint density at radius 2 is 1.92 bits per heavy atom. The molecule has 1 fully saturated rings. The number of fused-ring (bicyclic) bond motifs is 1. The van der Waals surface area contributed by atoms with Crippen LogP contribution in [0.3, 0.4) is 0 Å². The average molecular weight is 681 g/mol. The number of nitrogens with one attached hydrogen (secondary N) is 1. The van der Waals surface area contributed by atoms with E-state index in [9.17, 15) is 14.0 Å². The van der Waals surface area contributed by atoms with E-state index in [1.807, 2.05) is 18.2 Å². The standard InChI is InChI=1S/C25H15BrFIN2O5S/c26-16-8-14(9-18(28)22(16)33-11-13-5-6-20-21(10-13)35-12-34-20)7-15-23(31)29-25(36)30(24(15)32)19-4-2-1-3-17(19)27/h1-10H,11-12H2,(H,29,31,36)/b15-7+. The molecule has 182 valence electrons. The SMILES string of the molecule is O=C1NC(=S)N(c2ccccc2F)C(=O)/C1=C/c1cc(Br)c(OCc2ccc3c(c2)OCO3)c(I)c1. The van der Waals surface area contributed by atoms with Crippen molar-refractivity contribution in [2.75, 3.05) is 11.7 Å². The van der Waals surface area contributed by atoms with Gasteiger partial charge >= 0.3 is 0 Å². The molecule has 36 heavy (non-hydrogen) atoms. The highest BCUT2D eigenvalue weighted by Crippen LogP contribution is 2.36. The van der Waals surface area contributed by atoms with Gasteiger partial charge in [0.1, 0.15) is 23.7 Å². The zero-order valence-corrected chi connectivity index (χ0v) is 22.8. The number of ether oxygens (including phenoxy) is 3. The van der Waals surface area contributed by atoms with Crippen LogP contribution >= 0.6 is 50.7 Å². The van der Waals surface area contributed by atoms with Crippen molar-refractivity contribution in [3.8, 4) is 17.2 Å². The molecule has 2 aliphatic heterocycles. The highest BCUT2D eigenvalue weighted by atomic mass is 127. The van der Waals surface area contributed by atoms with Gasteiger partial charge in [-0.1, -0.05) is 18.2 Å². The maximum atomic E-state index is 14.4. The molecule has 2 heterocycles. The summed E-state index contributed by atoms with van der Waals surface area (Å²) < 4.78 is 32.5. The maximum absolute atomic E-state index is 14.4. The molecule has 0 aromatic heterocycles. The Kier molecular flexibility index (Phi) is 6.95. The summed E-state index contributed by atoms with van der Waals surface area (Å²) in [7, 11) is 0. The number of rotatable bonds is 5. The summed E-state index contributed by atoms with van der Waals surface area (Å²) in [6.07, 6.45) is 1.43. The van der Waals surface area contributed by atoms with E-state index in [1.165, 1.54) is 24.3 Å². The second-order valence-electron chi connectivity index (χ2n) is 7.70. The summed E-state index contributed by atoms with van der Waals surface area (Å²) >= 11 is 10.8. The van der Waals surface area contributed by atoms with Gasteiger partial charge in [-0.15, -0.1) is 0 Å². The fourth-order valence-electron chi connectivity index (χ4n) is 3.66. The van der Waals surface area contributed by atoms with E-state index in [1.54, 1.807) is 18.2 Å². The van der Waals surface area contributed by atoms with Crippen LogP contribution in [0.25, 0.3) is 6.08 Å². The van der Waals surface area contributed by atoms with Crippen LogP contribution < -0.4 is 24.4 Å². The Bertz CT molecular complexity index is 1440. The summed E-state index contributed by atoms with van der Waals surface area (Å²) in [6, 6.07) is 14.8. The number of carbonyl (C=O) groups is 2. The average Bonchev–Trinajstić information content (AvgIpc) is 3.30. The summed E-state index contributed by atoms with van der Waals surface area (Å²) in [5, 5.41) is 2.27. The van der Waals surface area contributed by atoms with Crippen molar-refractivity contribution < 1.29 is 28.2 Å². The van der Waals surface area contributed by atoms with Gasteiger partial charge in [-0.05, 0) is 104 Å². The molecule has 5 rings (SSSR count). The first-order valence-corrected chi connectivity index (χ1v) is 12.8. The molecule has 1 saturated heterocycles. The van der Waals surface area contributed by atoms with Crippen molar-refractivity contribution in [1.82, 2.24) is 5.32 Å². The fraction of sp³-hybridized carbons (Fsp3) is 0.0800. The summed E-state index contributed by atoms with van der Waals surface area (Å²) in [5.41, 5.74) is 1.26. The van der Waals surface area contributed by atoms with Crippen LogP contribution in [0.4, 0.5) is 10.1 Å². The molecular weight excluding hydrogens is 666 g/mol. The van der Waals surface area contributed by atoms with E-state index in [-0.39, 0.29) is 23.2 Å². The minimum Gasteiger partial charge on any atom is -0.487 e. The van der Waals surface area contributed by atoms with Gasteiger partial charge in [0, 0.05) is 0 Å². The third-order valence-electron chi connectivity index (χ3n) is 5.35. The minimum absolute atomic E-state index is 0.0403. The molecule has 0 spiro atoms. The Balaban J connectivity index is 1.39. The van der Waals surface area contributed by atoms with Crippen molar-refractivity contribution >= 4 is 79.4 Å². The third-order valence-corrected chi connectivity index (χ3v) is 7.02. The van der Waals surface area contributed by atoms with Gasteiger partial charge in [0.15, 0.2) is 16.6 Å². The number of hydrogen-bond acceptors (Lipinski definition) is 6. The molecule has 3 aromatic rings. The van der Waals surface area contributed by atoms with Crippen LogP contribution in [0, 0.1) is 9.39 Å². The van der Waals surface area contributed by atoms with Crippen molar-refractivity contribution in [2.45, 2.75) is 6.61 Å². The first-order chi connectivity index (χ1) is 17.3. The molecule has 11 heteroatoms. The number of anilines is 1. The fourth-order valence-corrected chi connectivity index (χ4v) is 5.71. The van der Waals surface area contributed by atoms with Gasteiger partial charge in [-0.25, -0.2) is 9.29 Å². The van der Waals surface area contributed by atoms with Crippen LogP contribution in [-0.4, -0.2) is 23.7 Å². The van der Waals surface area contributed by atoms with Gasteiger partial charge in [0.2, 0.25) is 6.79 Å². The largest absolute Gasteiger partial charge is 0.487 e. The number of halogens is 3. The van der Waals surface area contributed by atoms with Crippen molar-refractivity contribution in [1.29, 1.82) is 0 Å². The number of para-hydroxylation sites is 1. The number of benzene rings is 3. The van der Waals surface area contributed by atoms with Crippen molar-refractivity contribution in [2.24, 2.45) is 0 Å². The van der Waals surface area contributed by atoms with E-state index in [2.05, 4.69) is 43.8 Å². The summed E-state index contributed by atoms with van der Waals surface area (Å²) in [4.78, 5) is 26.7. The molecule has 0 unspecified atom stereocenters. The zero-order valence-electron chi connectivity index (χ0n) is 18.2. The van der Waals surface area contributed by atoms with E-state index in [0.717, 1.165) is 14.0 Å². The summed E-state index contributed by atoms with van der Waals surface area (Å²) in [6.45, 7) is 0.492. The predicted octanol–water partition coefficient (Wildman–Crippen LogP) is 5.33. The van der Waals surface area contributed by atoms with E-state index < -0.39 is 17.6 Å². The van der Waals surface area contributed by atoms with Gasteiger partial charge in [0.25, 0.3) is 11.8 Å². The second-order valence-corrected chi connectivity index (χ2v) is 10.1. The molecule has 2 amide bonds. The Morgan fingerprint density at radius 1 is 1.14 bits per heavy atom. The van der Waals surface area contributed by atoms with Gasteiger partial charge in [-0.3, -0.25) is 14.9 Å². The number of carbonyl (C=O) groups excluding carboxylic acids is 2. The zero-order chi connectivity index (χ0) is 25.4. The third kappa shape index (κ3) is 4.82. The van der Waals surface area contributed by atoms with Crippen LogP contribution in [0.5, 0.6) is 17.2 Å². The number of hydrogen-bond donors (Lipinski definition) is 1. The quantitative estimate of drug-likeness (QED) is 0.170. The molecule has 0 atom stereocenters. The van der Waals surface area contributed by atoms with Crippen LogP contribution in [0.2, 0.25) is 0 Å². The highest BCUT2D eigenvalue weighted by molar-refractivity contribution is 14.1. The lowest BCUT2D eigenvalue weighted by molar-refractivity contribution is -0.122. The van der Waals surface area contributed by atoms with E-state index in [4.69, 9.17) is 26.4 Å². The molecular formula is C25H15BrFIN2O5S. The molecule has 0 radical (unpaired) electrons. The van der Waals surface area contributed by atoms with Gasteiger partial charge in [-0.2, -0.15) is 0 Å². The maximum Gasteiger partial charge on any atom is 0.270 e. The lowest BCUT2D eigenvalue weighted by atomic mass is 10.1. The monoisotopic (exact) mass is 680 g/mol. The van der Waals surface area contributed by atoms with Gasteiger partial charge < -0.3 is 14.2 Å². The van der Waals surface area contributed by atoms with E-state index in [0.29, 0.717) is 33.9 Å². The lowest BCUT2D eigenvalue weighted by Crippen LogP contribution is -2.54. The Morgan fingerprint density at radius 3 is 2.69 bits per heavy atom. The van der Waals surface area contributed by atoms with Crippen LogP contribution in [0.15, 0.2) is 64.6 Å². The second kappa shape index (κ2) is 10.1. The number of amides is 2. The topological polar surface area (TPSA) is 77.1 Å². The van der Waals surface area contributed by atoms with Gasteiger partial charge in [0.05, 0.1) is 13.7 Å². The first-order valence-electron chi connectivity index (χ1n) is 10.5. The van der Waals surface area contributed by atoms with Crippen molar-refractivity contribution in [3.05, 3.63) is 85.2 Å². The molecule has 2 aliphatic rings. The molecule has 0 bridgehead atoms. The normalized spacial score (nSPS) is 15.9. The molecule has 3 aromatic carbocycles. The molecule has 0 aliphatic carbocycles. The molecule has 0 saturated carbocycles. The molecule has 1 N–H and O–H groups in total. The van der Waals surface area contributed by atoms with Crippen molar-refractivity contribution in [3.63, 3.8) is 0 Å². The number of thiocarbonyl (C=S) groups is 1.